The molecule has 1 aliphatic heterocycles. The van der Waals surface area contributed by atoms with Gasteiger partial charge in [0.1, 0.15) is 6.10 Å². The molecule has 0 N–H and O–H groups in total. The molecule has 1 atom stereocenters. The Morgan fingerprint density at radius 3 is 2.94 bits per heavy atom. The van der Waals surface area contributed by atoms with Gasteiger partial charge in [0.05, 0.1) is 24.4 Å². The number of aromatic nitrogens is 2. The second kappa shape index (κ2) is 3.57. The smallest absolute Gasteiger partial charge is 0.103 e. The van der Waals surface area contributed by atoms with E-state index in [0.717, 1.165) is 18.7 Å². The van der Waals surface area contributed by atoms with Gasteiger partial charge in [0.25, 0.3) is 0 Å². The summed E-state index contributed by atoms with van der Waals surface area (Å²) in [6.45, 7) is 1.70. The van der Waals surface area contributed by atoms with Crippen molar-refractivity contribution < 1.29 is 4.74 Å². The van der Waals surface area contributed by atoms with Crippen LogP contribution in [0.2, 0.25) is 0 Å². The van der Waals surface area contributed by atoms with E-state index in [2.05, 4.69) is 34.0 Å². The minimum atomic E-state index is 0.282. The van der Waals surface area contributed by atoms with Crippen LogP contribution in [0, 0.1) is 5.92 Å². The summed E-state index contributed by atoms with van der Waals surface area (Å²) >= 11 is 0. The number of hydrogen-bond acceptors (Lipinski definition) is 2. The summed E-state index contributed by atoms with van der Waals surface area (Å²) in [5, 5.41) is 5.96. The molecule has 0 saturated heterocycles. The van der Waals surface area contributed by atoms with Crippen LogP contribution >= 0.6 is 0 Å². The largest absolute Gasteiger partial charge is 0.370 e. The van der Waals surface area contributed by atoms with Gasteiger partial charge in [-0.15, -0.1) is 0 Å². The van der Waals surface area contributed by atoms with E-state index in [-0.39, 0.29) is 6.10 Å². The lowest BCUT2D eigenvalue weighted by Gasteiger charge is -2.36. The van der Waals surface area contributed by atoms with E-state index in [1.54, 1.807) is 0 Å². The Kier molecular flexibility index (Phi) is 2.03. The summed E-state index contributed by atoms with van der Waals surface area (Å²) in [5.74, 6) is 0.717. The van der Waals surface area contributed by atoms with E-state index in [9.17, 15) is 0 Å². The van der Waals surface area contributed by atoms with Crippen LogP contribution in [0.5, 0.6) is 0 Å². The second-order valence-electron chi connectivity index (χ2n) is 5.11. The lowest BCUT2D eigenvalue weighted by atomic mass is 9.79. The summed E-state index contributed by atoms with van der Waals surface area (Å²) in [6.07, 6.45) is 4.26. The maximum atomic E-state index is 6.01. The van der Waals surface area contributed by atoms with Gasteiger partial charge in [-0.1, -0.05) is 24.6 Å². The fourth-order valence-corrected chi connectivity index (χ4v) is 3.02. The van der Waals surface area contributed by atoms with Gasteiger partial charge in [0, 0.05) is 5.39 Å². The van der Waals surface area contributed by atoms with Crippen LogP contribution < -0.4 is 0 Å². The van der Waals surface area contributed by atoms with Crippen LogP contribution in [0.1, 0.15) is 31.1 Å². The molecule has 88 valence electrons. The van der Waals surface area contributed by atoms with Crippen LogP contribution in [0.25, 0.3) is 10.9 Å². The molecule has 0 bridgehead atoms. The van der Waals surface area contributed by atoms with Crippen molar-refractivity contribution in [3.05, 3.63) is 30.0 Å². The van der Waals surface area contributed by atoms with Crippen LogP contribution in [-0.2, 0) is 11.3 Å². The highest BCUT2D eigenvalue weighted by Crippen LogP contribution is 2.43. The third-order valence-electron chi connectivity index (χ3n) is 4.13. The van der Waals surface area contributed by atoms with Crippen LogP contribution in [0.4, 0.5) is 0 Å². The topological polar surface area (TPSA) is 27.1 Å². The Labute approximate surface area is 100 Å². The van der Waals surface area contributed by atoms with Crippen molar-refractivity contribution in [2.45, 2.75) is 31.9 Å². The molecule has 17 heavy (non-hydrogen) atoms. The number of ether oxygens (including phenoxy) is 1. The van der Waals surface area contributed by atoms with E-state index >= 15 is 0 Å². The van der Waals surface area contributed by atoms with Crippen molar-refractivity contribution in [3.8, 4) is 0 Å². The van der Waals surface area contributed by atoms with Crippen LogP contribution in [-0.4, -0.2) is 16.4 Å². The van der Waals surface area contributed by atoms with Gasteiger partial charge in [-0.25, -0.2) is 0 Å². The molecule has 1 aliphatic carbocycles. The summed E-state index contributed by atoms with van der Waals surface area (Å²) in [4.78, 5) is 0. The molecule has 3 nitrogen and oxygen atoms in total. The number of rotatable bonds is 1. The number of nitrogens with zero attached hydrogens (tertiary/aromatic N) is 2. The Hall–Kier alpha value is -1.35. The Morgan fingerprint density at radius 2 is 2.12 bits per heavy atom. The van der Waals surface area contributed by atoms with Crippen molar-refractivity contribution in [3.63, 3.8) is 0 Å². The normalized spacial score (nSPS) is 24.6. The zero-order chi connectivity index (χ0) is 11.2. The monoisotopic (exact) mass is 228 g/mol. The Bertz CT molecular complexity index is 556. The highest BCUT2D eigenvalue weighted by molar-refractivity contribution is 5.82. The first-order valence-electron chi connectivity index (χ1n) is 6.50. The van der Waals surface area contributed by atoms with Gasteiger partial charge in [-0.2, -0.15) is 5.10 Å². The maximum Gasteiger partial charge on any atom is 0.103 e. The second-order valence-corrected chi connectivity index (χ2v) is 5.11. The first kappa shape index (κ1) is 9.66. The van der Waals surface area contributed by atoms with Gasteiger partial charge >= 0.3 is 0 Å². The maximum absolute atomic E-state index is 6.01. The van der Waals surface area contributed by atoms with Gasteiger partial charge in [-0.05, 0) is 24.8 Å². The van der Waals surface area contributed by atoms with Gasteiger partial charge < -0.3 is 4.74 Å². The molecule has 2 aromatic rings. The zero-order valence-electron chi connectivity index (χ0n) is 9.80. The average Bonchev–Trinajstić information content (AvgIpc) is 2.66. The summed E-state index contributed by atoms with van der Waals surface area (Å²) in [6, 6.07) is 8.42. The van der Waals surface area contributed by atoms with Crippen molar-refractivity contribution >= 4 is 10.9 Å². The minimum absolute atomic E-state index is 0.282. The molecule has 1 fully saturated rings. The molecule has 2 aliphatic rings. The molecule has 1 saturated carbocycles. The standard InChI is InChI=1S/C14H16N2O/c1-2-7-12-11(6-1)13-14(10-4-3-5-10)17-9-8-16(13)15-12/h1-2,6-7,10,14H,3-5,8-9H2. The first-order valence-corrected chi connectivity index (χ1v) is 6.50. The van der Waals surface area contributed by atoms with Crippen molar-refractivity contribution in [1.29, 1.82) is 0 Å². The Morgan fingerprint density at radius 1 is 1.24 bits per heavy atom. The highest BCUT2D eigenvalue weighted by atomic mass is 16.5. The molecular weight excluding hydrogens is 212 g/mol. The molecule has 1 unspecified atom stereocenters. The summed E-state index contributed by atoms with van der Waals surface area (Å²) in [7, 11) is 0. The molecule has 1 aromatic heterocycles. The average molecular weight is 228 g/mol. The molecule has 0 radical (unpaired) electrons. The Balaban J connectivity index is 1.89. The SMILES string of the molecule is c1ccc2c3n(nc2c1)CCOC3C1CCC1. The third kappa shape index (κ3) is 1.35. The number of benzene rings is 1. The van der Waals surface area contributed by atoms with Gasteiger partial charge in [0.2, 0.25) is 0 Å². The van der Waals surface area contributed by atoms with Crippen molar-refractivity contribution in [2.75, 3.05) is 6.61 Å². The lowest BCUT2D eigenvalue weighted by molar-refractivity contribution is -0.0419. The number of fused-ring (bicyclic) bond motifs is 3. The third-order valence-corrected chi connectivity index (χ3v) is 4.13. The van der Waals surface area contributed by atoms with E-state index in [4.69, 9.17) is 4.74 Å². The molecule has 0 amide bonds. The fraction of sp³-hybridized carbons (Fsp3) is 0.500. The summed E-state index contributed by atoms with van der Waals surface area (Å²) in [5.41, 5.74) is 2.42. The van der Waals surface area contributed by atoms with Crippen LogP contribution in [0.15, 0.2) is 24.3 Å². The predicted molar refractivity (Wildman–Crippen MR) is 65.8 cm³/mol. The fourth-order valence-electron chi connectivity index (χ4n) is 3.02. The molecule has 4 rings (SSSR count). The van der Waals surface area contributed by atoms with Crippen molar-refractivity contribution in [2.24, 2.45) is 5.92 Å². The highest BCUT2D eigenvalue weighted by Gasteiger charge is 2.35. The number of hydrogen-bond donors (Lipinski definition) is 0. The van der Waals surface area contributed by atoms with E-state index in [1.807, 2.05) is 0 Å². The molecule has 0 spiro atoms. The lowest BCUT2D eigenvalue weighted by Crippen LogP contribution is -2.30. The van der Waals surface area contributed by atoms with E-state index in [0.29, 0.717) is 5.92 Å². The first-order chi connectivity index (χ1) is 8.43. The summed E-state index contributed by atoms with van der Waals surface area (Å²) < 4.78 is 8.18. The van der Waals surface area contributed by atoms with Crippen molar-refractivity contribution in [1.82, 2.24) is 9.78 Å². The molecular formula is C14H16N2O. The van der Waals surface area contributed by atoms with E-state index < -0.39 is 0 Å². The van der Waals surface area contributed by atoms with Gasteiger partial charge in [-0.3, -0.25) is 4.68 Å². The van der Waals surface area contributed by atoms with Crippen LogP contribution in [0.3, 0.4) is 0 Å². The minimum Gasteiger partial charge on any atom is -0.370 e. The zero-order valence-corrected chi connectivity index (χ0v) is 9.80. The van der Waals surface area contributed by atoms with Gasteiger partial charge in [0.15, 0.2) is 0 Å². The van der Waals surface area contributed by atoms with E-state index in [1.165, 1.54) is 30.3 Å². The predicted octanol–water partition coefficient (Wildman–Crippen LogP) is 2.91. The molecule has 3 heteroatoms. The molecule has 2 heterocycles. The molecule has 1 aromatic carbocycles. The quantitative estimate of drug-likeness (QED) is 0.750.